The summed E-state index contributed by atoms with van der Waals surface area (Å²) in [5, 5.41) is 16.9. The summed E-state index contributed by atoms with van der Waals surface area (Å²) in [5.74, 6) is 5.42. The molecular weight excluding hydrogens is 332 g/mol. The average Bonchev–Trinajstić information content (AvgIpc) is 2.71. The molecule has 6 nitrogen and oxygen atoms in total. The van der Waals surface area contributed by atoms with Crippen molar-refractivity contribution in [2.45, 2.75) is 11.6 Å². The predicted molar refractivity (Wildman–Crippen MR) is 75.5 cm³/mol. The van der Waals surface area contributed by atoms with Crippen LogP contribution in [0.4, 0.5) is 0 Å². The van der Waals surface area contributed by atoms with Gasteiger partial charge in [0.05, 0.1) is 5.75 Å². The van der Waals surface area contributed by atoms with Gasteiger partial charge in [-0.05, 0) is 17.7 Å². The van der Waals surface area contributed by atoms with Crippen LogP contribution in [0.25, 0.3) is 0 Å². The van der Waals surface area contributed by atoms with E-state index >= 15 is 0 Å². The summed E-state index contributed by atoms with van der Waals surface area (Å²) < 4.78 is 2.33. The molecule has 3 N–H and O–H groups in total. The summed E-state index contributed by atoms with van der Waals surface area (Å²) in [5.41, 5.74) is 1.05. The van der Waals surface area contributed by atoms with Crippen LogP contribution in [0, 0.1) is 0 Å². The molecule has 100 valence electrons. The van der Waals surface area contributed by atoms with E-state index in [0.29, 0.717) is 17.4 Å². The van der Waals surface area contributed by atoms with E-state index in [9.17, 15) is 4.79 Å². The van der Waals surface area contributed by atoms with E-state index in [1.54, 1.807) is 0 Å². The number of rotatable bonds is 5. The summed E-state index contributed by atoms with van der Waals surface area (Å²) in [6.07, 6.45) is 0.546. The van der Waals surface area contributed by atoms with Crippen LogP contribution < -0.4 is 5.84 Å². The molecule has 1 aromatic carbocycles. The Balaban J connectivity index is 2.09. The molecule has 19 heavy (non-hydrogen) atoms. The van der Waals surface area contributed by atoms with Crippen molar-refractivity contribution in [1.29, 1.82) is 0 Å². The second kappa shape index (κ2) is 6.07. The highest BCUT2D eigenvalue weighted by Crippen LogP contribution is 2.17. The third-order valence-electron chi connectivity index (χ3n) is 2.34. The van der Waals surface area contributed by atoms with Crippen molar-refractivity contribution < 1.29 is 9.90 Å². The van der Waals surface area contributed by atoms with E-state index in [-0.39, 0.29) is 5.75 Å². The number of carbonyl (C=O) groups is 1. The van der Waals surface area contributed by atoms with Gasteiger partial charge in [0.25, 0.3) is 0 Å². The third kappa shape index (κ3) is 3.71. The third-order valence-corrected chi connectivity index (χ3v) is 3.79. The molecular formula is C11H11BrN4O2S. The van der Waals surface area contributed by atoms with Crippen LogP contribution in [0.2, 0.25) is 0 Å². The van der Waals surface area contributed by atoms with E-state index in [1.807, 2.05) is 24.3 Å². The van der Waals surface area contributed by atoms with E-state index < -0.39 is 5.97 Å². The summed E-state index contributed by atoms with van der Waals surface area (Å²) in [6.45, 7) is 0. The second-order valence-electron chi connectivity index (χ2n) is 3.75. The first-order chi connectivity index (χ1) is 9.06. The molecule has 0 bridgehead atoms. The van der Waals surface area contributed by atoms with Crippen LogP contribution in [-0.2, 0) is 11.2 Å². The SMILES string of the molecule is Nn1c(Cc2ccc(Br)cc2)nnc1SCC(=O)O. The smallest absolute Gasteiger partial charge is 0.313 e. The van der Waals surface area contributed by atoms with Crippen LogP contribution in [0.1, 0.15) is 11.4 Å². The molecule has 0 spiro atoms. The van der Waals surface area contributed by atoms with Gasteiger partial charge in [-0.3, -0.25) is 4.79 Å². The van der Waals surface area contributed by atoms with E-state index in [0.717, 1.165) is 21.8 Å². The number of benzene rings is 1. The molecule has 0 amide bonds. The molecule has 0 atom stereocenters. The van der Waals surface area contributed by atoms with Gasteiger partial charge >= 0.3 is 5.97 Å². The summed E-state index contributed by atoms with van der Waals surface area (Å²) in [6, 6.07) is 7.80. The predicted octanol–water partition coefficient (Wildman–Crippen LogP) is 1.52. The van der Waals surface area contributed by atoms with E-state index in [2.05, 4.69) is 26.1 Å². The minimum absolute atomic E-state index is 0.0897. The molecule has 2 aromatic rings. The summed E-state index contributed by atoms with van der Waals surface area (Å²) in [4.78, 5) is 10.5. The quantitative estimate of drug-likeness (QED) is 0.632. The fraction of sp³-hybridized carbons (Fsp3) is 0.182. The van der Waals surface area contributed by atoms with Crippen molar-refractivity contribution >= 4 is 33.7 Å². The standard InChI is InChI=1S/C11H11BrN4O2S/c12-8-3-1-7(2-4-8)5-9-14-15-11(16(9)13)19-6-10(17)18/h1-4H,5-6,13H2,(H,17,18). The van der Waals surface area contributed by atoms with Crippen molar-refractivity contribution in [2.24, 2.45) is 0 Å². The van der Waals surface area contributed by atoms with Crippen LogP contribution in [-0.4, -0.2) is 31.7 Å². The van der Waals surface area contributed by atoms with Gasteiger partial charge in [-0.2, -0.15) is 0 Å². The minimum atomic E-state index is -0.914. The lowest BCUT2D eigenvalue weighted by molar-refractivity contribution is -0.133. The largest absolute Gasteiger partial charge is 0.481 e. The highest BCUT2D eigenvalue weighted by molar-refractivity contribution is 9.10. The van der Waals surface area contributed by atoms with Crippen molar-refractivity contribution in [2.75, 3.05) is 11.6 Å². The van der Waals surface area contributed by atoms with Gasteiger partial charge in [0.15, 0.2) is 5.82 Å². The molecule has 0 aliphatic rings. The number of aromatic nitrogens is 3. The lowest BCUT2D eigenvalue weighted by Gasteiger charge is -2.03. The number of nitrogens with zero attached hydrogens (tertiary/aromatic N) is 3. The molecule has 0 radical (unpaired) electrons. The van der Waals surface area contributed by atoms with Gasteiger partial charge in [-0.1, -0.05) is 39.8 Å². The van der Waals surface area contributed by atoms with Gasteiger partial charge in [0.1, 0.15) is 0 Å². The molecule has 0 unspecified atom stereocenters. The lowest BCUT2D eigenvalue weighted by atomic mass is 10.1. The monoisotopic (exact) mass is 342 g/mol. The number of carboxylic acids is 1. The van der Waals surface area contributed by atoms with Crippen molar-refractivity contribution in [3.05, 3.63) is 40.1 Å². The molecule has 0 aliphatic heterocycles. The Labute approximate surface area is 122 Å². The Morgan fingerprint density at radius 1 is 1.37 bits per heavy atom. The molecule has 0 saturated heterocycles. The zero-order valence-electron chi connectivity index (χ0n) is 9.78. The number of nitrogen functional groups attached to an aromatic ring is 1. The van der Waals surface area contributed by atoms with E-state index in [1.165, 1.54) is 4.68 Å². The van der Waals surface area contributed by atoms with Crippen LogP contribution in [0.15, 0.2) is 33.9 Å². The fourth-order valence-electron chi connectivity index (χ4n) is 1.44. The van der Waals surface area contributed by atoms with Gasteiger partial charge in [-0.15, -0.1) is 10.2 Å². The molecule has 8 heteroatoms. The molecule has 0 aliphatic carbocycles. The van der Waals surface area contributed by atoms with Crippen molar-refractivity contribution in [3.8, 4) is 0 Å². The Morgan fingerprint density at radius 3 is 2.68 bits per heavy atom. The van der Waals surface area contributed by atoms with E-state index in [4.69, 9.17) is 10.9 Å². The maximum absolute atomic E-state index is 10.5. The molecule has 1 heterocycles. The maximum atomic E-state index is 10.5. The first kappa shape index (κ1) is 13.9. The molecule has 2 rings (SSSR count). The number of halogens is 1. The number of thioether (sulfide) groups is 1. The fourth-order valence-corrected chi connectivity index (χ4v) is 2.30. The first-order valence-corrected chi connectivity index (χ1v) is 7.12. The number of aliphatic carboxylic acids is 1. The summed E-state index contributed by atoms with van der Waals surface area (Å²) in [7, 11) is 0. The Morgan fingerprint density at radius 2 is 2.05 bits per heavy atom. The van der Waals surface area contributed by atoms with Crippen LogP contribution in [0.5, 0.6) is 0 Å². The molecule has 0 saturated carbocycles. The number of hydrogen-bond acceptors (Lipinski definition) is 5. The van der Waals surface area contributed by atoms with Crippen LogP contribution in [0.3, 0.4) is 0 Å². The van der Waals surface area contributed by atoms with Gasteiger partial charge < -0.3 is 10.9 Å². The Bertz CT molecular complexity index is 585. The Kier molecular flexibility index (Phi) is 4.43. The highest BCUT2D eigenvalue weighted by Gasteiger charge is 2.12. The van der Waals surface area contributed by atoms with Gasteiger partial charge in [0.2, 0.25) is 5.16 Å². The number of hydrogen-bond donors (Lipinski definition) is 2. The minimum Gasteiger partial charge on any atom is -0.481 e. The topological polar surface area (TPSA) is 94.0 Å². The normalized spacial score (nSPS) is 10.6. The van der Waals surface area contributed by atoms with Crippen molar-refractivity contribution in [3.63, 3.8) is 0 Å². The first-order valence-electron chi connectivity index (χ1n) is 5.34. The van der Waals surface area contributed by atoms with Crippen LogP contribution >= 0.6 is 27.7 Å². The summed E-state index contributed by atoms with van der Waals surface area (Å²) >= 11 is 4.41. The maximum Gasteiger partial charge on any atom is 0.313 e. The van der Waals surface area contributed by atoms with Gasteiger partial charge in [0, 0.05) is 10.9 Å². The molecule has 0 fully saturated rings. The zero-order valence-corrected chi connectivity index (χ0v) is 12.2. The van der Waals surface area contributed by atoms with Crippen molar-refractivity contribution in [1.82, 2.24) is 14.9 Å². The molecule has 1 aromatic heterocycles. The Hall–Kier alpha value is -1.54. The zero-order chi connectivity index (χ0) is 13.8. The number of nitrogens with two attached hydrogens (primary N) is 1. The highest BCUT2D eigenvalue weighted by atomic mass is 79.9. The second-order valence-corrected chi connectivity index (χ2v) is 5.61. The number of carboxylic acid groups (broad SMARTS) is 1. The lowest BCUT2D eigenvalue weighted by Crippen LogP contribution is -2.15. The van der Waals surface area contributed by atoms with Gasteiger partial charge in [-0.25, -0.2) is 4.68 Å². The average molecular weight is 343 g/mol.